The molecule has 4 nitrogen and oxygen atoms in total. The van der Waals surface area contributed by atoms with Crippen LogP contribution in [0.15, 0.2) is 66.8 Å². The minimum Gasteiger partial charge on any atom is -0.378 e. The predicted octanol–water partition coefficient (Wildman–Crippen LogP) is 3.95. The maximum atomic E-state index is 12.3. The monoisotopic (exact) mass is 373 g/mol. The Kier molecular flexibility index (Phi) is 4.30. The van der Waals surface area contributed by atoms with Crippen LogP contribution in [0.5, 0.6) is 0 Å². The van der Waals surface area contributed by atoms with E-state index in [9.17, 15) is 4.79 Å². The number of para-hydroxylation sites is 1. The van der Waals surface area contributed by atoms with Gasteiger partial charge in [0.2, 0.25) is 5.91 Å². The topological polar surface area (TPSA) is 35.6 Å². The fourth-order valence-electron chi connectivity index (χ4n) is 4.38. The Balaban J connectivity index is 1.61. The minimum atomic E-state index is -0.535. The van der Waals surface area contributed by atoms with Crippen molar-refractivity contribution in [1.82, 2.24) is 5.32 Å². The molecule has 144 valence electrons. The van der Waals surface area contributed by atoms with E-state index in [1.165, 1.54) is 11.3 Å². The molecule has 2 aliphatic rings. The Hall–Kier alpha value is -3.01. The van der Waals surface area contributed by atoms with Crippen LogP contribution >= 0.6 is 0 Å². The predicted molar refractivity (Wildman–Crippen MR) is 117 cm³/mol. The molecule has 2 aliphatic heterocycles. The molecule has 4 heteroatoms. The smallest absolute Gasteiger partial charge is 0.241 e. The highest BCUT2D eigenvalue weighted by Gasteiger charge is 2.59. The summed E-state index contributed by atoms with van der Waals surface area (Å²) >= 11 is 0. The molecule has 4 rings (SSSR count). The van der Waals surface area contributed by atoms with Crippen molar-refractivity contribution in [3.05, 3.63) is 77.9 Å². The molecule has 0 saturated carbocycles. The Morgan fingerprint density at radius 3 is 2.46 bits per heavy atom. The Bertz CT molecular complexity index is 956. The van der Waals surface area contributed by atoms with Gasteiger partial charge in [-0.15, -0.1) is 0 Å². The lowest BCUT2D eigenvalue weighted by atomic mass is 9.75. The van der Waals surface area contributed by atoms with Gasteiger partial charge in [-0.2, -0.15) is 0 Å². The standard InChI is InChI=1S/C24H27N3O/c1-23(2)20-10-5-6-11-21(20)27-17-22(28)25-24(23,27)16-8-7-9-18-12-14-19(15-13-18)26(3)4/h5-16H,17H2,1-4H3,(H,25,28). The van der Waals surface area contributed by atoms with Crippen LogP contribution in [0.4, 0.5) is 11.4 Å². The molecular weight excluding hydrogens is 346 g/mol. The van der Waals surface area contributed by atoms with E-state index in [1.807, 2.05) is 32.3 Å². The molecule has 1 amide bonds. The lowest BCUT2D eigenvalue weighted by molar-refractivity contribution is -0.118. The summed E-state index contributed by atoms with van der Waals surface area (Å²) in [7, 11) is 4.08. The molecule has 1 atom stereocenters. The molecule has 0 spiro atoms. The number of amides is 1. The van der Waals surface area contributed by atoms with Crippen molar-refractivity contribution in [3.8, 4) is 0 Å². The van der Waals surface area contributed by atoms with Crippen molar-refractivity contribution < 1.29 is 4.79 Å². The van der Waals surface area contributed by atoms with Gasteiger partial charge in [-0.05, 0) is 35.4 Å². The average molecular weight is 374 g/mol. The lowest BCUT2D eigenvalue weighted by Gasteiger charge is -2.40. The Labute approximate surface area is 167 Å². The SMILES string of the molecule is CN(C)c1ccc(C=CC=CC23NC(=O)CN2c2ccccc2C3(C)C)cc1. The molecule has 2 aromatic rings. The van der Waals surface area contributed by atoms with Crippen molar-refractivity contribution >= 4 is 23.4 Å². The van der Waals surface area contributed by atoms with E-state index >= 15 is 0 Å². The van der Waals surface area contributed by atoms with Crippen molar-refractivity contribution in [1.29, 1.82) is 0 Å². The maximum Gasteiger partial charge on any atom is 0.241 e. The summed E-state index contributed by atoms with van der Waals surface area (Å²) in [5.74, 6) is 0.0653. The van der Waals surface area contributed by atoms with E-state index in [4.69, 9.17) is 0 Å². The number of nitrogens with zero attached hydrogens (tertiary/aromatic N) is 2. The molecule has 1 unspecified atom stereocenters. The largest absolute Gasteiger partial charge is 0.378 e. The molecule has 1 N–H and O–H groups in total. The number of carbonyl (C=O) groups is 1. The Morgan fingerprint density at radius 2 is 1.75 bits per heavy atom. The van der Waals surface area contributed by atoms with Crippen LogP contribution in [0.1, 0.15) is 25.0 Å². The average Bonchev–Trinajstić information content (AvgIpc) is 3.10. The van der Waals surface area contributed by atoms with Gasteiger partial charge in [0.15, 0.2) is 0 Å². The van der Waals surface area contributed by atoms with Gasteiger partial charge in [0.1, 0.15) is 5.66 Å². The molecule has 2 aromatic carbocycles. The molecule has 28 heavy (non-hydrogen) atoms. The molecule has 1 fully saturated rings. The number of benzene rings is 2. The van der Waals surface area contributed by atoms with Gasteiger partial charge < -0.3 is 15.1 Å². The highest BCUT2D eigenvalue weighted by atomic mass is 16.2. The molecule has 0 radical (unpaired) electrons. The van der Waals surface area contributed by atoms with E-state index in [0.29, 0.717) is 6.54 Å². The number of hydrogen-bond donors (Lipinski definition) is 1. The zero-order valence-corrected chi connectivity index (χ0v) is 16.9. The molecule has 2 heterocycles. The number of fused-ring (bicyclic) bond motifs is 3. The van der Waals surface area contributed by atoms with Gasteiger partial charge in [-0.25, -0.2) is 0 Å². The van der Waals surface area contributed by atoms with E-state index in [1.54, 1.807) is 0 Å². The first-order chi connectivity index (χ1) is 13.3. The summed E-state index contributed by atoms with van der Waals surface area (Å²) in [6, 6.07) is 16.8. The summed E-state index contributed by atoms with van der Waals surface area (Å²) in [6.45, 7) is 4.79. The number of hydrogen-bond acceptors (Lipinski definition) is 3. The van der Waals surface area contributed by atoms with Gasteiger partial charge >= 0.3 is 0 Å². The normalized spacial score (nSPS) is 22.6. The van der Waals surface area contributed by atoms with Gasteiger partial charge in [-0.3, -0.25) is 4.79 Å². The summed E-state index contributed by atoms with van der Waals surface area (Å²) < 4.78 is 0. The second-order valence-electron chi connectivity index (χ2n) is 8.25. The molecule has 0 bridgehead atoms. The van der Waals surface area contributed by atoms with Crippen LogP contribution in [0.3, 0.4) is 0 Å². The molecule has 0 aliphatic carbocycles. The fourth-order valence-corrected chi connectivity index (χ4v) is 4.38. The third kappa shape index (κ3) is 2.71. The number of rotatable bonds is 4. The second-order valence-corrected chi connectivity index (χ2v) is 8.25. The van der Waals surface area contributed by atoms with E-state index < -0.39 is 5.66 Å². The summed E-state index contributed by atoms with van der Waals surface area (Å²) in [4.78, 5) is 16.6. The first kappa shape index (κ1) is 18.4. The quantitative estimate of drug-likeness (QED) is 0.825. The summed E-state index contributed by atoms with van der Waals surface area (Å²) in [6.07, 6.45) is 8.30. The third-order valence-corrected chi connectivity index (χ3v) is 6.03. The lowest BCUT2D eigenvalue weighted by Crippen LogP contribution is -2.58. The van der Waals surface area contributed by atoms with Crippen LogP contribution < -0.4 is 15.1 Å². The van der Waals surface area contributed by atoms with Gasteiger partial charge in [0.05, 0.1) is 6.54 Å². The van der Waals surface area contributed by atoms with E-state index in [-0.39, 0.29) is 11.3 Å². The molecule has 0 aromatic heterocycles. The van der Waals surface area contributed by atoms with Crippen LogP contribution in [0.25, 0.3) is 6.08 Å². The highest BCUT2D eigenvalue weighted by Crippen LogP contribution is 2.52. The van der Waals surface area contributed by atoms with E-state index in [2.05, 4.69) is 83.6 Å². The van der Waals surface area contributed by atoms with Crippen LogP contribution in [0, 0.1) is 0 Å². The van der Waals surface area contributed by atoms with Crippen molar-refractivity contribution in [2.45, 2.75) is 24.9 Å². The van der Waals surface area contributed by atoms with Crippen LogP contribution in [-0.4, -0.2) is 32.2 Å². The Morgan fingerprint density at radius 1 is 1.04 bits per heavy atom. The number of allylic oxidation sites excluding steroid dienone is 2. The first-order valence-electron chi connectivity index (χ1n) is 9.67. The number of anilines is 2. The van der Waals surface area contributed by atoms with Gasteiger partial charge in [-0.1, -0.05) is 62.4 Å². The van der Waals surface area contributed by atoms with Crippen LogP contribution in [0.2, 0.25) is 0 Å². The van der Waals surface area contributed by atoms with Gasteiger partial charge in [0, 0.05) is 30.9 Å². The third-order valence-electron chi connectivity index (χ3n) is 6.03. The number of carbonyl (C=O) groups excluding carboxylic acids is 1. The van der Waals surface area contributed by atoms with Crippen molar-refractivity contribution in [2.24, 2.45) is 0 Å². The minimum absolute atomic E-state index is 0.0653. The second kappa shape index (κ2) is 6.55. The van der Waals surface area contributed by atoms with E-state index in [0.717, 1.165) is 11.3 Å². The molecular formula is C24H27N3O. The maximum absolute atomic E-state index is 12.3. The number of nitrogens with one attached hydrogen (secondary N) is 1. The fraction of sp³-hybridized carbons (Fsp3) is 0.292. The summed E-state index contributed by atoms with van der Waals surface area (Å²) in [5, 5.41) is 3.25. The van der Waals surface area contributed by atoms with Gasteiger partial charge in [0.25, 0.3) is 0 Å². The van der Waals surface area contributed by atoms with Crippen LogP contribution in [-0.2, 0) is 10.2 Å². The highest BCUT2D eigenvalue weighted by molar-refractivity contribution is 5.91. The first-order valence-corrected chi connectivity index (χ1v) is 9.67. The molecule has 1 saturated heterocycles. The summed E-state index contributed by atoms with van der Waals surface area (Å²) in [5.41, 5.74) is 3.97. The van der Waals surface area contributed by atoms with Crippen molar-refractivity contribution in [2.75, 3.05) is 30.4 Å². The van der Waals surface area contributed by atoms with Crippen molar-refractivity contribution in [3.63, 3.8) is 0 Å². The zero-order chi connectivity index (χ0) is 19.9. The zero-order valence-electron chi connectivity index (χ0n) is 16.9.